The second-order valence-electron chi connectivity index (χ2n) is 5.38. The van der Waals surface area contributed by atoms with Crippen molar-refractivity contribution < 1.29 is 27.4 Å². The first-order valence-electron chi connectivity index (χ1n) is 7.80. The topological polar surface area (TPSA) is 103 Å². The fraction of sp³-hybridized carbons (Fsp3) is 0.562. The molecule has 0 radical (unpaired) electrons. The van der Waals surface area contributed by atoms with Gasteiger partial charge in [-0.2, -0.15) is 0 Å². The Morgan fingerprint density at radius 1 is 1.20 bits per heavy atom. The predicted octanol–water partition coefficient (Wildman–Crippen LogP) is 0.837. The molecule has 0 bridgehead atoms. The Hall–Kier alpha value is -1.84. The van der Waals surface area contributed by atoms with E-state index in [0.29, 0.717) is 24.5 Å². The Morgan fingerprint density at radius 3 is 2.52 bits per heavy atom. The molecule has 25 heavy (non-hydrogen) atoms. The Kier molecular flexibility index (Phi) is 8.67. The van der Waals surface area contributed by atoms with Crippen LogP contribution in [0, 0.1) is 0 Å². The first kappa shape index (κ1) is 21.2. The second-order valence-corrected chi connectivity index (χ2v) is 7.31. The summed E-state index contributed by atoms with van der Waals surface area (Å²) < 4.78 is 41.1. The van der Waals surface area contributed by atoms with Gasteiger partial charge >= 0.3 is 0 Å². The molecule has 0 unspecified atom stereocenters. The van der Waals surface area contributed by atoms with E-state index < -0.39 is 15.9 Å². The van der Waals surface area contributed by atoms with E-state index in [0.717, 1.165) is 5.56 Å². The highest BCUT2D eigenvalue weighted by Crippen LogP contribution is 2.29. The van der Waals surface area contributed by atoms with Crippen LogP contribution in [0.2, 0.25) is 0 Å². The third kappa shape index (κ3) is 7.29. The Balaban J connectivity index is 2.62. The Labute approximate surface area is 148 Å². The van der Waals surface area contributed by atoms with Crippen molar-refractivity contribution in [1.82, 2.24) is 10.0 Å². The normalized spacial score (nSPS) is 12.5. The number of methoxy groups -OCH3 is 3. The molecule has 2 N–H and O–H groups in total. The van der Waals surface area contributed by atoms with Crippen LogP contribution in [-0.4, -0.2) is 54.6 Å². The van der Waals surface area contributed by atoms with E-state index >= 15 is 0 Å². The van der Waals surface area contributed by atoms with Crippen molar-refractivity contribution in [2.75, 3.05) is 40.2 Å². The standard InChI is InChI=1S/C16H26N2O6S/c1-12(14-10-13(23-3)6-7-15(14)24-4)18-16(19)11-17-25(20,21)9-5-8-22-2/h6-7,10,12,17H,5,8-9,11H2,1-4H3,(H,18,19)/t12-/m0/s1. The molecular formula is C16H26N2O6S. The zero-order chi connectivity index (χ0) is 18.9. The number of ether oxygens (including phenoxy) is 3. The molecule has 1 rings (SSSR count). The molecule has 1 amide bonds. The third-order valence-corrected chi connectivity index (χ3v) is 4.91. The molecule has 8 nitrogen and oxygen atoms in total. The highest BCUT2D eigenvalue weighted by molar-refractivity contribution is 7.89. The highest BCUT2D eigenvalue weighted by Gasteiger charge is 2.17. The number of nitrogens with one attached hydrogen (secondary N) is 2. The van der Waals surface area contributed by atoms with Crippen LogP contribution in [0.15, 0.2) is 18.2 Å². The number of hydrogen-bond acceptors (Lipinski definition) is 6. The molecule has 142 valence electrons. The summed E-state index contributed by atoms with van der Waals surface area (Å²) in [4.78, 5) is 12.0. The van der Waals surface area contributed by atoms with E-state index in [1.165, 1.54) is 14.2 Å². The van der Waals surface area contributed by atoms with Crippen molar-refractivity contribution in [3.05, 3.63) is 23.8 Å². The number of carbonyl (C=O) groups excluding carboxylic acids is 1. The molecule has 9 heteroatoms. The van der Waals surface area contributed by atoms with Gasteiger partial charge in [0, 0.05) is 19.3 Å². The summed E-state index contributed by atoms with van der Waals surface area (Å²) in [6, 6.07) is 4.88. The van der Waals surface area contributed by atoms with Gasteiger partial charge in [0.25, 0.3) is 0 Å². The third-order valence-electron chi connectivity index (χ3n) is 3.50. The SMILES string of the molecule is COCCCS(=O)(=O)NCC(=O)N[C@@H](C)c1cc(OC)ccc1OC. The molecule has 1 aromatic rings. The second kappa shape index (κ2) is 10.2. The minimum Gasteiger partial charge on any atom is -0.497 e. The molecular weight excluding hydrogens is 348 g/mol. The summed E-state index contributed by atoms with van der Waals surface area (Å²) in [6.07, 6.45) is 0.366. The van der Waals surface area contributed by atoms with Gasteiger partial charge in [-0.3, -0.25) is 4.79 Å². The van der Waals surface area contributed by atoms with Crippen LogP contribution in [0.5, 0.6) is 11.5 Å². The van der Waals surface area contributed by atoms with Gasteiger partial charge in [0.15, 0.2) is 0 Å². The van der Waals surface area contributed by atoms with E-state index in [-0.39, 0.29) is 18.3 Å². The number of carbonyl (C=O) groups is 1. The van der Waals surface area contributed by atoms with Gasteiger partial charge < -0.3 is 19.5 Å². The van der Waals surface area contributed by atoms with E-state index in [1.54, 1.807) is 32.2 Å². The van der Waals surface area contributed by atoms with Gasteiger partial charge in [-0.05, 0) is 31.5 Å². The molecule has 0 fully saturated rings. The molecule has 0 heterocycles. The number of sulfonamides is 1. The van der Waals surface area contributed by atoms with Crippen molar-refractivity contribution in [2.24, 2.45) is 0 Å². The van der Waals surface area contributed by atoms with Crippen LogP contribution in [0.25, 0.3) is 0 Å². The minimum absolute atomic E-state index is 0.0899. The smallest absolute Gasteiger partial charge is 0.235 e. The van der Waals surface area contributed by atoms with Crippen LogP contribution in [0.1, 0.15) is 24.9 Å². The van der Waals surface area contributed by atoms with Crippen molar-refractivity contribution in [3.8, 4) is 11.5 Å². The average Bonchev–Trinajstić information content (AvgIpc) is 2.59. The van der Waals surface area contributed by atoms with Crippen molar-refractivity contribution in [3.63, 3.8) is 0 Å². The number of amides is 1. The van der Waals surface area contributed by atoms with E-state index in [1.807, 2.05) is 0 Å². The van der Waals surface area contributed by atoms with Crippen LogP contribution in [-0.2, 0) is 19.6 Å². The molecule has 0 saturated carbocycles. The quantitative estimate of drug-likeness (QED) is 0.556. The van der Waals surface area contributed by atoms with Crippen LogP contribution < -0.4 is 19.5 Å². The summed E-state index contributed by atoms with van der Waals surface area (Å²) in [5, 5.41) is 2.74. The summed E-state index contributed by atoms with van der Waals surface area (Å²) in [6.45, 7) is 1.80. The first-order valence-corrected chi connectivity index (χ1v) is 9.45. The van der Waals surface area contributed by atoms with E-state index in [2.05, 4.69) is 10.0 Å². The van der Waals surface area contributed by atoms with E-state index in [4.69, 9.17) is 14.2 Å². The molecule has 1 atom stereocenters. The van der Waals surface area contributed by atoms with Crippen molar-refractivity contribution in [1.29, 1.82) is 0 Å². The monoisotopic (exact) mass is 374 g/mol. The summed E-state index contributed by atoms with van der Waals surface area (Å²) in [5.41, 5.74) is 0.734. The zero-order valence-corrected chi connectivity index (χ0v) is 15.8. The van der Waals surface area contributed by atoms with Gasteiger partial charge in [-0.15, -0.1) is 0 Å². The largest absolute Gasteiger partial charge is 0.497 e. The molecule has 0 aromatic heterocycles. The van der Waals surface area contributed by atoms with Crippen LogP contribution >= 0.6 is 0 Å². The Bertz CT molecular complexity index is 663. The van der Waals surface area contributed by atoms with Crippen LogP contribution in [0.3, 0.4) is 0 Å². The molecule has 1 aromatic carbocycles. The van der Waals surface area contributed by atoms with Crippen LogP contribution in [0.4, 0.5) is 0 Å². The fourth-order valence-electron chi connectivity index (χ4n) is 2.19. The molecule has 0 aliphatic heterocycles. The van der Waals surface area contributed by atoms with Gasteiger partial charge in [-0.1, -0.05) is 0 Å². The van der Waals surface area contributed by atoms with Gasteiger partial charge in [0.1, 0.15) is 11.5 Å². The molecule has 0 spiro atoms. The summed E-state index contributed by atoms with van der Waals surface area (Å²) in [7, 11) is 1.08. The first-order chi connectivity index (χ1) is 11.8. The maximum Gasteiger partial charge on any atom is 0.235 e. The van der Waals surface area contributed by atoms with Crippen molar-refractivity contribution in [2.45, 2.75) is 19.4 Å². The lowest BCUT2D eigenvalue weighted by molar-refractivity contribution is -0.120. The Morgan fingerprint density at radius 2 is 1.92 bits per heavy atom. The zero-order valence-electron chi connectivity index (χ0n) is 15.0. The fourth-order valence-corrected chi connectivity index (χ4v) is 3.18. The predicted molar refractivity (Wildman–Crippen MR) is 94.4 cm³/mol. The highest BCUT2D eigenvalue weighted by atomic mass is 32.2. The summed E-state index contributed by atoms with van der Waals surface area (Å²) >= 11 is 0. The lowest BCUT2D eigenvalue weighted by Crippen LogP contribution is -2.39. The lowest BCUT2D eigenvalue weighted by atomic mass is 10.1. The molecule has 0 aliphatic carbocycles. The number of hydrogen-bond donors (Lipinski definition) is 2. The average molecular weight is 374 g/mol. The number of rotatable bonds is 11. The van der Waals surface area contributed by atoms with Gasteiger partial charge in [0.05, 0.1) is 32.6 Å². The van der Waals surface area contributed by atoms with E-state index in [9.17, 15) is 13.2 Å². The maximum atomic E-state index is 12.0. The van der Waals surface area contributed by atoms with Gasteiger partial charge in [-0.25, -0.2) is 13.1 Å². The summed E-state index contributed by atoms with van der Waals surface area (Å²) in [5.74, 6) is 0.713. The maximum absolute atomic E-state index is 12.0. The minimum atomic E-state index is -3.51. The lowest BCUT2D eigenvalue weighted by Gasteiger charge is -2.18. The van der Waals surface area contributed by atoms with Gasteiger partial charge in [0.2, 0.25) is 15.9 Å². The molecule has 0 aliphatic rings. The molecule has 0 saturated heterocycles. The van der Waals surface area contributed by atoms with Crippen molar-refractivity contribution >= 4 is 15.9 Å². The number of benzene rings is 1.